The summed E-state index contributed by atoms with van der Waals surface area (Å²) in [5.74, 6) is -0.683. The van der Waals surface area contributed by atoms with Gasteiger partial charge in [-0.1, -0.05) is 42.5 Å². The molecule has 1 aliphatic heterocycles. The van der Waals surface area contributed by atoms with E-state index in [4.69, 9.17) is 10.5 Å². The zero-order valence-corrected chi connectivity index (χ0v) is 15.3. The number of carbonyl (C=O) groups excluding carboxylic acids is 2. The number of nitrogens with zero attached hydrogens (tertiary/aromatic N) is 1. The van der Waals surface area contributed by atoms with Crippen molar-refractivity contribution in [2.24, 2.45) is 5.73 Å². The summed E-state index contributed by atoms with van der Waals surface area (Å²) in [6.45, 7) is 0.0732. The van der Waals surface area contributed by atoms with Crippen LogP contribution in [0.4, 0.5) is 10.1 Å². The molecule has 0 spiro atoms. The summed E-state index contributed by atoms with van der Waals surface area (Å²) in [7, 11) is 0. The molecule has 0 radical (unpaired) electrons. The maximum absolute atomic E-state index is 14.2. The lowest BCUT2D eigenvalue weighted by atomic mass is 10.1. The van der Waals surface area contributed by atoms with Gasteiger partial charge >= 0.3 is 0 Å². The Balaban J connectivity index is 1.71. The second-order valence-corrected chi connectivity index (χ2v) is 6.55. The summed E-state index contributed by atoms with van der Waals surface area (Å²) in [6.07, 6.45) is 1.58. The monoisotopic (exact) mass is 388 g/mol. The van der Waals surface area contributed by atoms with Crippen LogP contribution in [0.3, 0.4) is 0 Å². The van der Waals surface area contributed by atoms with Crippen molar-refractivity contribution in [1.82, 2.24) is 0 Å². The zero-order valence-electron chi connectivity index (χ0n) is 15.3. The highest BCUT2D eigenvalue weighted by atomic mass is 19.1. The van der Waals surface area contributed by atoms with Gasteiger partial charge in [-0.15, -0.1) is 0 Å². The van der Waals surface area contributed by atoms with Crippen molar-refractivity contribution >= 4 is 23.6 Å². The van der Waals surface area contributed by atoms with Crippen LogP contribution in [0.15, 0.2) is 78.6 Å². The number of nitrogens with two attached hydrogens (primary N) is 1. The number of hydrogen-bond donors (Lipinski definition) is 1. The second-order valence-electron chi connectivity index (χ2n) is 6.55. The molecule has 0 saturated heterocycles. The van der Waals surface area contributed by atoms with Crippen LogP contribution in [-0.2, 0) is 11.3 Å². The quantitative estimate of drug-likeness (QED) is 0.689. The number of rotatable bonds is 4. The van der Waals surface area contributed by atoms with Gasteiger partial charge in [0.15, 0.2) is 11.5 Å². The SMILES string of the molecule is NC(=O)c1ccc(/C=C2\Oc3ccccc3N(Cc3ccccc3F)C2=O)cc1. The van der Waals surface area contributed by atoms with Gasteiger partial charge in [-0.3, -0.25) is 14.5 Å². The molecule has 0 saturated carbocycles. The van der Waals surface area contributed by atoms with Crippen molar-refractivity contribution in [2.75, 3.05) is 4.90 Å². The third-order valence-corrected chi connectivity index (χ3v) is 4.61. The minimum absolute atomic E-state index is 0.0732. The fourth-order valence-electron chi connectivity index (χ4n) is 3.11. The van der Waals surface area contributed by atoms with Gasteiger partial charge in [0.25, 0.3) is 5.91 Å². The van der Waals surface area contributed by atoms with Gasteiger partial charge in [0, 0.05) is 11.1 Å². The molecule has 3 aromatic rings. The van der Waals surface area contributed by atoms with Crippen LogP contribution in [0.1, 0.15) is 21.5 Å². The van der Waals surface area contributed by atoms with E-state index in [1.165, 1.54) is 11.0 Å². The first-order valence-electron chi connectivity index (χ1n) is 8.96. The molecule has 5 nitrogen and oxygen atoms in total. The average Bonchev–Trinajstić information content (AvgIpc) is 2.73. The Bertz CT molecular complexity index is 1120. The summed E-state index contributed by atoms with van der Waals surface area (Å²) >= 11 is 0. The predicted molar refractivity (Wildman–Crippen MR) is 108 cm³/mol. The highest BCUT2D eigenvalue weighted by molar-refractivity contribution is 6.09. The molecule has 2 amide bonds. The maximum Gasteiger partial charge on any atom is 0.294 e. The van der Waals surface area contributed by atoms with E-state index in [9.17, 15) is 14.0 Å². The minimum Gasteiger partial charge on any atom is -0.449 e. The summed E-state index contributed by atoms with van der Waals surface area (Å²) in [5.41, 5.74) is 7.27. The van der Waals surface area contributed by atoms with E-state index in [0.717, 1.165) is 0 Å². The number of hydrogen-bond acceptors (Lipinski definition) is 3. The standard InChI is InChI=1S/C23H17FN2O3/c24-18-6-2-1-5-17(18)14-26-19-7-3-4-8-20(19)29-21(23(26)28)13-15-9-11-16(12-10-15)22(25)27/h1-13H,14H2,(H2,25,27)/b21-13-. The van der Waals surface area contributed by atoms with Crippen LogP contribution < -0.4 is 15.4 Å². The number of benzene rings is 3. The van der Waals surface area contributed by atoms with Crippen LogP contribution in [0.25, 0.3) is 6.08 Å². The first-order chi connectivity index (χ1) is 14.0. The lowest BCUT2D eigenvalue weighted by molar-refractivity contribution is -0.117. The maximum atomic E-state index is 14.2. The van der Waals surface area contributed by atoms with Crippen LogP contribution in [-0.4, -0.2) is 11.8 Å². The van der Waals surface area contributed by atoms with Gasteiger partial charge in [-0.05, 0) is 42.0 Å². The van der Waals surface area contributed by atoms with Crippen LogP contribution in [0, 0.1) is 5.82 Å². The molecule has 3 aromatic carbocycles. The number of para-hydroxylation sites is 2. The third kappa shape index (κ3) is 3.73. The Morgan fingerprint density at radius 3 is 2.41 bits per heavy atom. The Labute approximate surface area is 166 Å². The fraction of sp³-hybridized carbons (Fsp3) is 0.0435. The van der Waals surface area contributed by atoms with E-state index in [-0.39, 0.29) is 24.0 Å². The lowest BCUT2D eigenvalue weighted by Crippen LogP contribution is -2.37. The fourth-order valence-corrected chi connectivity index (χ4v) is 3.11. The first-order valence-corrected chi connectivity index (χ1v) is 8.96. The van der Waals surface area contributed by atoms with Crippen molar-refractivity contribution in [2.45, 2.75) is 6.54 Å². The minimum atomic E-state index is -0.529. The van der Waals surface area contributed by atoms with E-state index in [0.29, 0.717) is 28.1 Å². The summed E-state index contributed by atoms with van der Waals surface area (Å²) in [6, 6.07) is 19.9. The number of primary amides is 1. The van der Waals surface area contributed by atoms with Crippen LogP contribution >= 0.6 is 0 Å². The van der Waals surface area contributed by atoms with Crippen molar-refractivity contribution in [3.63, 3.8) is 0 Å². The molecule has 0 atom stereocenters. The first kappa shape index (κ1) is 18.4. The Morgan fingerprint density at radius 1 is 1.00 bits per heavy atom. The normalized spacial score (nSPS) is 14.4. The van der Waals surface area contributed by atoms with Gasteiger partial charge in [0.1, 0.15) is 5.82 Å². The number of amides is 2. The smallest absolute Gasteiger partial charge is 0.294 e. The van der Waals surface area contributed by atoms with E-state index in [2.05, 4.69) is 0 Å². The molecular formula is C23H17FN2O3. The number of halogens is 1. The highest BCUT2D eigenvalue weighted by Crippen LogP contribution is 2.36. The van der Waals surface area contributed by atoms with Crippen LogP contribution in [0.5, 0.6) is 5.75 Å². The van der Waals surface area contributed by atoms with Gasteiger partial charge in [0.2, 0.25) is 5.91 Å². The number of anilines is 1. The van der Waals surface area contributed by atoms with Gasteiger partial charge in [-0.2, -0.15) is 0 Å². The van der Waals surface area contributed by atoms with Crippen molar-refractivity contribution < 1.29 is 18.7 Å². The predicted octanol–water partition coefficient (Wildman–Crippen LogP) is 3.89. The Kier molecular flexibility index (Phi) is 4.83. The molecule has 6 heteroatoms. The molecular weight excluding hydrogens is 371 g/mol. The summed E-state index contributed by atoms with van der Waals surface area (Å²) in [4.78, 5) is 25.8. The number of carbonyl (C=O) groups is 2. The Hall–Kier alpha value is -3.93. The largest absolute Gasteiger partial charge is 0.449 e. The molecule has 0 aromatic heterocycles. The Morgan fingerprint density at radius 2 is 1.69 bits per heavy atom. The molecule has 0 aliphatic carbocycles. The van der Waals surface area contributed by atoms with Crippen molar-refractivity contribution in [3.05, 3.63) is 101 Å². The number of fused-ring (bicyclic) bond motifs is 1. The van der Waals surface area contributed by atoms with E-state index >= 15 is 0 Å². The molecule has 29 heavy (non-hydrogen) atoms. The van der Waals surface area contributed by atoms with Crippen molar-refractivity contribution in [1.29, 1.82) is 0 Å². The van der Waals surface area contributed by atoms with Crippen LogP contribution in [0.2, 0.25) is 0 Å². The molecule has 2 N–H and O–H groups in total. The lowest BCUT2D eigenvalue weighted by Gasteiger charge is -2.30. The van der Waals surface area contributed by atoms with E-state index < -0.39 is 5.91 Å². The third-order valence-electron chi connectivity index (χ3n) is 4.61. The number of ether oxygens (including phenoxy) is 1. The summed E-state index contributed by atoms with van der Waals surface area (Å²) in [5, 5.41) is 0. The van der Waals surface area contributed by atoms with Gasteiger partial charge < -0.3 is 10.5 Å². The average molecular weight is 388 g/mol. The molecule has 0 bridgehead atoms. The summed E-state index contributed by atoms with van der Waals surface area (Å²) < 4.78 is 20.0. The molecule has 1 heterocycles. The van der Waals surface area contributed by atoms with E-state index in [1.54, 1.807) is 72.8 Å². The van der Waals surface area contributed by atoms with Crippen molar-refractivity contribution in [3.8, 4) is 5.75 Å². The van der Waals surface area contributed by atoms with E-state index in [1.807, 2.05) is 0 Å². The van der Waals surface area contributed by atoms with Gasteiger partial charge in [0.05, 0.1) is 12.2 Å². The zero-order chi connectivity index (χ0) is 20.4. The van der Waals surface area contributed by atoms with Gasteiger partial charge in [-0.25, -0.2) is 4.39 Å². The highest BCUT2D eigenvalue weighted by Gasteiger charge is 2.30. The molecule has 144 valence electrons. The molecule has 1 aliphatic rings. The second kappa shape index (κ2) is 7.59. The molecule has 4 rings (SSSR count). The topological polar surface area (TPSA) is 72.6 Å². The molecule has 0 fully saturated rings. The molecule has 0 unspecified atom stereocenters.